The summed E-state index contributed by atoms with van der Waals surface area (Å²) in [5.41, 5.74) is 3.37. The Morgan fingerprint density at radius 1 is 1.03 bits per heavy atom. The molecule has 8 nitrogen and oxygen atoms in total. The van der Waals surface area contributed by atoms with E-state index in [9.17, 15) is 4.79 Å². The Labute approximate surface area is 199 Å². The zero-order valence-electron chi connectivity index (χ0n) is 19.4. The van der Waals surface area contributed by atoms with E-state index in [1.807, 2.05) is 43.3 Å². The van der Waals surface area contributed by atoms with Gasteiger partial charge in [0, 0.05) is 54.9 Å². The number of amides is 1. The summed E-state index contributed by atoms with van der Waals surface area (Å²) in [6, 6.07) is 15.4. The molecule has 2 atom stereocenters. The Morgan fingerprint density at radius 2 is 1.79 bits per heavy atom. The normalized spacial score (nSPS) is 19.7. The van der Waals surface area contributed by atoms with Crippen LogP contribution in [0.1, 0.15) is 22.3 Å². The lowest BCUT2D eigenvalue weighted by Crippen LogP contribution is -2.52. The number of hydrogen-bond donors (Lipinski definition) is 1. The van der Waals surface area contributed by atoms with Gasteiger partial charge < -0.3 is 19.2 Å². The molecule has 8 heteroatoms. The molecule has 2 aromatic carbocycles. The van der Waals surface area contributed by atoms with E-state index >= 15 is 0 Å². The van der Waals surface area contributed by atoms with Gasteiger partial charge in [0.25, 0.3) is 5.91 Å². The van der Waals surface area contributed by atoms with E-state index in [2.05, 4.69) is 20.4 Å². The quantitative estimate of drug-likeness (QED) is 0.577. The standard InChI is InChI=1S/C26H30N4O4/c1-18-4-2-3-5-22(18)26-29-28-25(34-26)20-8-6-19(7-9-20)24(31)27-16-23(21-10-13-33-17-21)30-11-14-32-15-12-30/h2-9,21,23H,10-17H2,1H3,(H,27,31). The summed E-state index contributed by atoms with van der Waals surface area (Å²) in [7, 11) is 0. The van der Waals surface area contributed by atoms with E-state index in [0.717, 1.165) is 62.6 Å². The molecule has 2 saturated heterocycles. The van der Waals surface area contributed by atoms with Crippen LogP contribution in [0.5, 0.6) is 0 Å². The largest absolute Gasteiger partial charge is 0.416 e. The van der Waals surface area contributed by atoms with E-state index in [4.69, 9.17) is 13.9 Å². The summed E-state index contributed by atoms with van der Waals surface area (Å²) < 4.78 is 17.0. The molecule has 0 aliphatic carbocycles. The molecule has 0 bridgehead atoms. The fraction of sp³-hybridized carbons (Fsp3) is 0.423. The van der Waals surface area contributed by atoms with E-state index in [1.54, 1.807) is 12.1 Å². The van der Waals surface area contributed by atoms with Gasteiger partial charge in [0.05, 0.1) is 19.8 Å². The smallest absolute Gasteiger partial charge is 0.251 e. The van der Waals surface area contributed by atoms with Gasteiger partial charge in [-0.3, -0.25) is 9.69 Å². The summed E-state index contributed by atoms with van der Waals surface area (Å²) in [5.74, 6) is 1.26. The minimum Gasteiger partial charge on any atom is -0.416 e. The second kappa shape index (κ2) is 10.5. The molecule has 178 valence electrons. The highest BCUT2D eigenvalue weighted by molar-refractivity contribution is 5.94. The van der Waals surface area contributed by atoms with Crippen LogP contribution in [0.3, 0.4) is 0 Å². The van der Waals surface area contributed by atoms with Crippen molar-refractivity contribution in [2.75, 3.05) is 46.1 Å². The number of rotatable bonds is 7. The van der Waals surface area contributed by atoms with Crippen LogP contribution in [0.25, 0.3) is 22.9 Å². The summed E-state index contributed by atoms with van der Waals surface area (Å²) >= 11 is 0. The van der Waals surface area contributed by atoms with Crippen molar-refractivity contribution in [2.24, 2.45) is 5.92 Å². The van der Waals surface area contributed by atoms with E-state index in [-0.39, 0.29) is 11.9 Å². The summed E-state index contributed by atoms with van der Waals surface area (Å²) in [6.07, 6.45) is 1.03. The number of ether oxygens (including phenoxy) is 2. The summed E-state index contributed by atoms with van der Waals surface area (Å²) in [4.78, 5) is 15.3. The highest BCUT2D eigenvalue weighted by Crippen LogP contribution is 2.26. The molecule has 2 fully saturated rings. The molecule has 0 saturated carbocycles. The van der Waals surface area contributed by atoms with Crippen LogP contribution in [0.15, 0.2) is 52.9 Å². The monoisotopic (exact) mass is 462 g/mol. The lowest BCUT2D eigenvalue weighted by atomic mass is 9.96. The number of benzene rings is 2. The zero-order chi connectivity index (χ0) is 23.3. The average Bonchev–Trinajstić information content (AvgIpc) is 3.58. The van der Waals surface area contributed by atoms with Gasteiger partial charge in [-0.05, 0) is 49.2 Å². The molecule has 1 N–H and O–H groups in total. The predicted molar refractivity (Wildman–Crippen MR) is 127 cm³/mol. The molecule has 34 heavy (non-hydrogen) atoms. The molecule has 1 aromatic heterocycles. The summed E-state index contributed by atoms with van der Waals surface area (Å²) in [5, 5.41) is 11.5. The average molecular weight is 463 g/mol. The maximum Gasteiger partial charge on any atom is 0.251 e. The van der Waals surface area contributed by atoms with Crippen LogP contribution < -0.4 is 5.32 Å². The molecule has 2 unspecified atom stereocenters. The van der Waals surface area contributed by atoms with Crippen LogP contribution in [0.2, 0.25) is 0 Å². The molecule has 2 aliphatic rings. The Bertz CT molecular complexity index is 1100. The number of hydrogen-bond acceptors (Lipinski definition) is 7. The van der Waals surface area contributed by atoms with Gasteiger partial charge in [0.2, 0.25) is 11.8 Å². The van der Waals surface area contributed by atoms with Crippen molar-refractivity contribution in [3.63, 3.8) is 0 Å². The van der Waals surface area contributed by atoms with Crippen molar-refractivity contribution in [2.45, 2.75) is 19.4 Å². The maximum absolute atomic E-state index is 12.9. The Balaban J connectivity index is 1.23. The van der Waals surface area contributed by atoms with Crippen LogP contribution in [0.4, 0.5) is 0 Å². The van der Waals surface area contributed by atoms with Crippen molar-refractivity contribution >= 4 is 5.91 Å². The molecule has 2 aliphatic heterocycles. The molecule has 3 heterocycles. The third-order valence-corrected chi connectivity index (χ3v) is 6.69. The first-order valence-electron chi connectivity index (χ1n) is 11.9. The third-order valence-electron chi connectivity index (χ3n) is 6.69. The Hall–Kier alpha value is -3.07. The van der Waals surface area contributed by atoms with Gasteiger partial charge in [-0.1, -0.05) is 18.2 Å². The number of aromatic nitrogens is 2. The van der Waals surface area contributed by atoms with Crippen LogP contribution in [-0.2, 0) is 9.47 Å². The van der Waals surface area contributed by atoms with Crippen molar-refractivity contribution < 1.29 is 18.7 Å². The van der Waals surface area contributed by atoms with Crippen LogP contribution >= 0.6 is 0 Å². The van der Waals surface area contributed by atoms with Gasteiger partial charge in [-0.2, -0.15) is 0 Å². The van der Waals surface area contributed by atoms with Gasteiger partial charge in [0.15, 0.2) is 0 Å². The van der Waals surface area contributed by atoms with Gasteiger partial charge in [-0.25, -0.2) is 0 Å². The first-order valence-corrected chi connectivity index (χ1v) is 11.9. The van der Waals surface area contributed by atoms with Crippen molar-refractivity contribution in [3.8, 4) is 22.9 Å². The molecule has 1 amide bonds. The first kappa shape index (κ1) is 22.7. The number of carbonyl (C=O) groups is 1. The Morgan fingerprint density at radius 3 is 2.53 bits per heavy atom. The summed E-state index contributed by atoms with van der Waals surface area (Å²) in [6.45, 7) is 7.40. The highest BCUT2D eigenvalue weighted by atomic mass is 16.5. The van der Waals surface area contributed by atoms with Gasteiger partial charge >= 0.3 is 0 Å². The van der Waals surface area contributed by atoms with E-state index in [0.29, 0.717) is 29.8 Å². The van der Waals surface area contributed by atoms with Crippen LogP contribution in [0, 0.1) is 12.8 Å². The van der Waals surface area contributed by atoms with Gasteiger partial charge in [-0.15, -0.1) is 10.2 Å². The van der Waals surface area contributed by atoms with E-state index < -0.39 is 0 Å². The predicted octanol–water partition coefficient (Wildman–Crippen LogP) is 3.18. The minimum atomic E-state index is -0.0881. The SMILES string of the molecule is Cc1ccccc1-c1nnc(-c2ccc(C(=O)NCC(C3CCOC3)N3CCOCC3)cc2)o1. The number of nitrogens with zero attached hydrogens (tertiary/aromatic N) is 3. The number of aryl methyl sites for hydroxylation is 1. The fourth-order valence-electron chi connectivity index (χ4n) is 4.68. The van der Waals surface area contributed by atoms with E-state index in [1.165, 1.54) is 0 Å². The Kier molecular flexibility index (Phi) is 6.99. The van der Waals surface area contributed by atoms with Crippen molar-refractivity contribution in [3.05, 3.63) is 59.7 Å². The molecular formula is C26H30N4O4. The number of nitrogens with one attached hydrogen (secondary N) is 1. The van der Waals surface area contributed by atoms with Gasteiger partial charge in [0.1, 0.15) is 0 Å². The second-order valence-corrected chi connectivity index (χ2v) is 8.85. The molecule has 0 radical (unpaired) electrons. The molecule has 5 rings (SSSR count). The molecule has 3 aromatic rings. The number of morpholine rings is 1. The molecular weight excluding hydrogens is 432 g/mol. The van der Waals surface area contributed by atoms with Crippen molar-refractivity contribution in [1.29, 1.82) is 0 Å². The second-order valence-electron chi connectivity index (χ2n) is 8.85. The lowest BCUT2D eigenvalue weighted by Gasteiger charge is -2.37. The van der Waals surface area contributed by atoms with Crippen molar-refractivity contribution in [1.82, 2.24) is 20.4 Å². The highest BCUT2D eigenvalue weighted by Gasteiger charge is 2.31. The first-order chi connectivity index (χ1) is 16.7. The zero-order valence-corrected chi connectivity index (χ0v) is 19.4. The molecule has 0 spiro atoms. The fourth-order valence-corrected chi connectivity index (χ4v) is 4.68. The third kappa shape index (κ3) is 5.04. The lowest BCUT2D eigenvalue weighted by molar-refractivity contribution is 0.00166. The topological polar surface area (TPSA) is 89.7 Å². The number of carbonyl (C=O) groups excluding carboxylic acids is 1. The van der Waals surface area contributed by atoms with Crippen LogP contribution in [-0.4, -0.2) is 73.1 Å². The maximum atomic E-state index is 12.9. The minimum absolute atomic E-state index is 0.0881.